The standard InChI is InChI=1S/C13H16N2O6/c1-13(20,11(17)18)7-14-12(19)15-9-5-3-4-8(6-9)10(16)21-2/h3-6,20H,7H2,1-2H3,(H,17,18)(H2,14,15,19). The van der Waals surface area contributed by atoms with E-state index in [9.17, 15) is 19.5 Å². The number of ether oxygens (including phenoxy) is 1. The fourth-order valence-corrected chi connectivity index (χ4v) is 1.35. The van der Waals surface area contributed by atoms with Crippen LogP contribution in [0.1, 0.15) is 17.3 Å². The van der Waals surface area contributed by atoms with Gasteiger partial charge in [-0.05, 0) is 25.1 Å². The van der Waals surface area contributed by atoms with E-state index in [0.717, 1.165) is 6.92 Å². The molecule has 0 aromatic heterocycles. The Balaban J connectivity index is 2.63. The molecule has 1 unspecified atom stereocenters. The Labute approximate surface area is 120 Å². The second-order valence-electron chi connectivity index (χ2n) is 4.46. The number of nitrogens with one attached hydrogen (secondary N) is 2. The van der Waals surface area contributed by atoms with Crippen LogP contribution in [0.2, 0.25) is 0 Å². The molecule has 0 heterocycles. The molecule has 0 fully saturated rings. The summed E-state index contributed by atoms with van der Waals surface area (Å²) in [5.41, 5.74) is -1.48. The minimum Gasteiger partial charge on any atom is -0.479 e. The monoisotopic (exact) mass is 296 g/mol. The number of aliphatic carboxylic acids is 1. The fraction of sp³-hybridized carbons (Fsp3) is 0.308. The minimum atomic E-state index is -2.06. The SMILES string of the molecule is COC(=O)c1cccc(NC(=O)NCC(C)(O)C(=O)O)c1. The molecule has 4 N–H and O–H groups in total. The third-order valence-corrected chi connectivity index (χ3v) is 2.60. The summed E-state index contributed by atoms with van der Waals surface area (Å²) in [7, 11) is 1.24. The molecule has 1 aromatic carbocycles. The van der Waals surface area contributed by atoms with Crippen LogP contribution in [0.5, 0.6) is 0 Å². The second kappa shape index (κ2) is 6.71. The van der Waals surface area contributed by atoms with Gasteiger partial charge in [-0.3, -0.25) is 0 Å². The van der Waals surface area contributed by atoms with Gasteiger partial charge < -0.3 is 25.6 Å². The lowest BCUT2D eigenvalue weighted by Gasteiger charge is -2.18. The van der Waals surface area contributed by atoms with Gasteiger partial charge in [0.1, 0.15) is 0 Å². The van der Waals surface area contributed by atoms with Crippen LogP contribution in [0, 0.1) is 0 Å². The van der Waals surface area contributed by atoms with Gasteiger partial charge in [0, 0.05) is 5.69 Å². The number of rotatable bonds is 5. The number of anilines is 1. The minimum absolute atomic E-state index is 0.257. The molecule has 0 saturated carbocycles. The summed E-state index contributed by atoms with van der Waals surface area (Å²) in [6.45, 7) is 0.596. The maximum Gasteiger partial charge on any atom is 0.337 e. The first kappa shape index (κ1) is 16.4. The van der Waals surface area contributed by atoms with Crippen molar-refractivity contribution in [2.24, 2.45) is 0 Å². The lowest BCUT2D eigenvalue weighted by molar-refractivity contribution is -0.155. The van der Waals surface area contributed by atoms with E-state index in [1.165, 1.54) is 19.2 Å². The number of hydrogen-bond acceptors (Lipinski definition) is 5. The number of amides is 2. The molecule has 0 spiro atoms. The lowest BCUT2D eigenvalue weighted by atomic mass is 10.1. The highest BCUT2D eigenvalue weighted by Gasteiger charge is 2.30. The Morgan fingerprint density at radius 1 is 1.33 bits per heavy atom. The number of carbonyl (C=O) groups excluding carboxylic acids is 2. The van der Waals surface area contributed by atoms with Gasteiger partial charge in [-0.25, -0.2) is 14.4 Å². The van der Waals surface area contributed by atoms with E-state index in [1.807, 2.05) is 0 Å². The molecule has 0 aliphatic carbocycles. The zero-order valence-corrected chi connectivity index (χ0v) is 11.5. The molecule has 1 atom stereocenters. The van der Waals surface area contributed by atoms with Gasteiger partial charge in [0.2, 0.25) is 0 Å². The zero-order chi connectivity index (χ0) is 16.0. The highest BCUT2D eigenvalue weighted by atomic mass is 16.5. The van der Waals surface area contributed by atoms with Crippen LogP contribution < -0.4 is 10.6 Å². The highest BCUT2D eigenvalue weighted by Crippen LogP contribution is 2.11. The molecule has 0 radical (unpaired) electrons. The summed E-state index contributed by atoms with van der Waals surface area (Å²) in [6, 6.07) is 5.31. The molecule has 1 rings (SSSR count). The number of urea groups is 1. The molecule has 114 valence electrons. The van der Waals surface area contributed by atoms with Crippen LogP contribution in [0.25, 0.3) is 0 Å². The van der Waals surface area contributed by atoms with Gasteiger partial charge in [0.15, 0.2) is 5.60 Å². The number of aliphatic hydroxyl groups is 1. The van der Waals surface area contributed by atoms with E-state index in [0.29, 0.717) is 5.69 Å². The van der Waals surface area contributed by atoms with Gasteiger partial charge >= 0.3 is 18.0 Å². The van der Waals surface area contributed by atoms with E-state index < -0.39 is 30.1 Å². The Bertz CT molecular complexity index is 555. The summed E-state index contributed by atoms with van der Waals surface area (Å²) in [6.07, 6.45) is 0. The van der Waals surface area contributed by atoms with Gasteiger partial charge in [-0.15, -0.1) is 0 Å². The molecule has 8 nitrogen and oxygen atoms in total. The van der Waals surface area contributed by atoms with Crippen LogP contribution in [-0.2, 0) is 9.53 Å². The van der Waals surface area contributed by atoms with Gasteiger partial charge in [-0.1, -0.05) is 6.07 Å². The molecule has 8 heteroatoms. The number of methoxy groups -OCH3 is 1. The van der Waals surface area contributed by atoms with Crippen molar-refractivity contribution < 1.29 is 29.3 Å². The fourth-order valence-electron chi connectivity index (χ4n) is 1.35. The van der Waals surface area contributed by atoms with Crippen molar-refractivity contribution in [3.8, 4) is 0 Å². The number of carboxylic acid groups (broad SMARTS) is 1. The third kappa shape index (κ3) is 4.77. The maximum absolute atomic E-state index is 11.6. The predicted octanol–water partition coefficient (Wildman–Crippen LogP) is 0.430. The lowest BCUT2D eigenvalue weighted by Crippen LogP contribution is -2.47. The first-order chi connectivity index (χ1) is 9.76. The van der Waals surface area contributed by atoms with Crippen LogP contribution in [0.15, 0.2) is 24.3 Å². The average Bonchev–Trinajstić information content (AvgIpc) is 2.44. The summed E-state index contributed by atoms with van der Waals surface area (Å²) < 4.78 is 4.55. The van der Waals surface area contributed by atoms with Gasteiger partial charge in [0.05, 0.1) is 19.2 Å². The first-order valence-electron chi connectivity index (χ1n) is 5.95. The van der Waals surface area contributed by atoms with Crippen molar-refractivity contribution >= 4 is 23.7 Å². The molecule has 0 bridgehead atoms. The van der Waals surface area contributed by atoms with Crippen molar-refractivity contribution in [1.82, 2.24) is 5.32 Å². The van der Waals surface area contributed by atoms with Crippen molar-refractivity contribution in [2.75, 3.05) is 19.0 Å². The van der Waals surface area contributed by atoms with Crippen LogP contribution in [0.3, 0.4) is 0 Å². The van der Waals surface area contributed by atoms with Gasteiger partial charge in [-0.2, -0.15) is 0 Å². The number of hydrogen-bond donors (Lipinski definition) is 4. The summed E-state index contributed by atoms with van der Waals surface area (Å²) in [5, 5.41) is 22.8. The van der Waals surface area contributed by atoms with E-state index in [1.54, 1.807) is 12.1 Å². The molecular formula is C13H16N2O6. The second-order valence-corrected chi connectivity index (χ2v) is 4.46. The van der Waals surface area contributed by atoms with Crippen LogP contribution in [-0.4, -0.2) is 47.4 Å². The van der Waals surface area contributed by atoms with Crippen molar-refractivity contribution in [3.63, 3.8) is 0 Å². The largest absolute Gasteiger partial charge is 0.479 e. The van der Waals surface area contributed by atoms with Crippen LogP contribution in [0.4, 0.5) is 10.5 Å². The Hall–Kier alpha value is -2.61. The number of esters is 1. The number of benzene rings is 1. The maximum atomic E-state index is 11.6. The predicted molar refractivity (Wildman–Crippen MR) is 73.1 cm³/mol. The van der Waals surface area contributed by atoms with Crippen LogP contribution >= 0.6 is 0 Å². The number of carboxylic acids is 1. The Morgan fingerprint density at radius 2 is 2.00 bits per heavy atom. The first-order valence-corrected chi connectivity index (χ1v) is 5.95. The van der Waals surface area contributed by atoms with E-state index in [2.05, 4.69) is 15.4 Å². The normalized spacial score (nSPS) is 12.9. The highest BCUT2D eigenvalue weighted by molar-refractivity contribution is 5.94. The molecule has 0 saturated heterocycles. The quantitative estimate of drug-likeness (QED) is 0.584. The Kier molecular flexibility index (Phi) is 5.25. The van der Waals surface area contributed by atoms with Crippen molar-refractivity contribution in [2.45, 2.75) is 12.5 Å². The van der Waals surface area contributed by atoms with Crippen molar-refractivity contribution in [3.05, 3.63) is 29.8 Å². The summed E-state index contributed by atoms with van der Waals surface area (Å²) >= 11 is 0. The summed E-state index contributed by atoms with van der Waals surface area (Å²) in [4.78, 5) is 33.6. The van der Waals surface area contributed by atoms with Crippen molar-refractivity contribution in [1.29, 1.82) is 0 Å². The number of carbonyl (C=O) groups is 3. The topological polar surface area (TPSA) is 125 Å². The summed E-state index contributed by atoms with van der Waals surface area (Å²) in [5.74, 6) is -2.00. The third-order valence-electron chi connectivity index (χ3n) is 2.60. The average molecular weight is 296 g/mol. The molecule has 2 amide bonds. The van der Waals surface area contributed by atoms with E-state index in [-0.39, 0.29) is 5.56 Å². The van der Waals surface area contributed by atoms with E-state index >= 15 is 0 Å². The molecular weight excluding hydrogens is 280 g/mol. The Morgan fingerprint density at radius 3 is 2.57 bits per heavy atom. The molecule has 0 aliphatic heterocycles. The molecule has 0 aliphatic rings. The van der Waals surface area contributed by atoms with Gasteiger partial charge in [0.25, 0.3) is 0 Å². The smallest absolute Gasteiger partial charge is 0.337 e. The molecule has 1 aromatic rings. The molecule has 21 heavy (non-hydrogen) atoms. The van der Waals surface area contributed by atoms with E-state index in [4.69, 9.17) is 5.11 Å². The zero-order valence-electron chi connectivity index (χ0n) is 11.5.